The van der Waals surface area contributed by atoms with Crippen LogP contribution in [0.3, 0.4) is 0 Å². The first kappa shape index (κ1) is 17.3. The quantitative estimate of drug-likeness (QED) is 0.448. The minimum absolute atomic E-state index is 0.0655. The number of anilines is 3. The molecule has 3 amide bonds. The molecule has 9 heteroatoms. The highest BCUT2D eigenvalue weighted by atomic mass is 32.1. The first-order valence-electron chi connectivity index (χ1n) is 6.79. The van der Waals surface area contributed by atoms with E-state index in [0.717, 1.165) is 4.31 Å². The number of amides is 3. The summed E-state index contributed by atoms with van der Waals surface area (Å²) in [7, 11) is 0. The maximum atomic E-state index is 12.1. The Hall–Kier alpha value is -3.07. The Labute approximate surface area is 143 Å². The summed E-state index contributed by atoms with van der Waals surface area (Å²) in [5, 5.41) is 15.8. The van der Waals surface area contributed by atoms with E-state index in [1.165, 1.54) is 31.2 Å². The van der Waals surface area contributed by atoms with Gasteiger partial charge in [0.2, 0.25) is 5.91 Å². The smallest absolute Gasteiger partial charge is 0.326 e. The predicted molar refractivity (Wildman–Crippen MR) is 94.3 cm³/mol. The summed E-state index contributed by atoms with van der Waals surface area (Å²) in [4.78, 5) is 33.2. The predicted octanol–water partition coefficient (Wildman–Crippen LogP) is 3.44. The topological polar surface area (TPSA) is 105 Å². The minimum atomic E-state index is -0.528. The maximum Gasteiger partial charge on any atom is 0.336 e. The van der Waals surface area contributed by atoms with Crippen molar-refractivity contribution in [3.05, 3.63) is 58.6 Å². The molecule has 0 saturated heterocycles. The van der Waals surface area contributed by atoms with Gasteiger partial charge in [0, 0.05) is 30.4 Å². The zero-order valence-electron chi connectivity index (χ0n) is 12.6. The van der Waals surface area contributed by atoms with Crippen molar-refractivity contribution in [2.45, 2.75) is 6.92 Å². The number of hydrogen-bond donors (Lipinski definition) is 3. The summed E-state index contributed by atoms with van der Waals surface area (Å²) < 4.78 is 1.08. The molecule has 2 N–H and O–H groups in total. The van der Waals surface area contributed by atoms with E-state index >= 15 is 0 Å². The number of non-ortho nitro benzene ring substituents is 1. The highest BCUT2D eigenvalue weighted by Gasteiger charge is 2.13. The Balaban J connectivity index is 2.03. The summed E-state index contributed by atoms with van der Waals surface area (Å²) >= 11 is 4.13. The molecular formula is C15H14N4O4S. The van der Waals surface area contributed by atoms with Crippen molar-refractivity contribution in [2.24, 2.45) is 0 Å². The fourth-order valence-corrected chi connectivity index (χ4v) is 2.03. The Kier molecular flexibility index (Phi) is 5.38. The molecule has 0 fully saturated rings. The van der Waals surface area contributed by atoms with Crippen LogP contribution in [0, 0.1) is 10.1 Å². The highest BCUT2D eigenvalue weighted by molar-refractivity contribution is 7.82. The molecule has 0 spiro atoms. The molecule has 0 aliphatic heterocycles. The van der Waals surface area contributed by atoms with Gasteiger partial charge >= 0.3 is 6.03 Å². The van der Waals surface area contributed by atoms with Gasteiger partial charge in [-0.25, -0.2) is 9.10 Å². The molecule has 8 nitrogen and oxygen atoms in total. The van der Waals surface area contributed by atoms with Crippen LogP contribution < -0.4 is 14.9 Å². The molecule has 0 saturated carbocycles. The van der Waals surface area contributed by atoms with Crippen LogP contribution in [-0.2, 0) is 4.79 Å². The van der Waals surface area contributed by atoms with Crippen LogP contribution in [-0.4, -0.2) is 16.9 Å². The molecule has 2 rings (SSSR count). The van der Waals surface area contributed by atoms with E-state index in [-0.39, 0.29) is 11.6 Å². The first-order valence-corrected chi connectivity index (χ1v) is 7.19. The summed E-state index contributed by atoms with van der Waals surface area (Å²) in [5.74, 6) is -0.193. The number of benzene rings is 2. The summed E-state index contributed by atoms with van der Waals surface area (Å²) in [6.45, 7) is 1.40. The van der Waals surface area contributed by atoms with Gasteiger partial charge in [0.25, 0.3) is 5.69 Å². The largest absolute Gasteiger partial charge is 0.336 e. The SMILES string of the molecule is CC(=O)Nc1ccc(N(S)C(=O)Nc2ccc([N+](=O)[O-])cc2)cc1. The lowest BCUT2D eigenvalue weighted by atomic mass is 10.2. The van der Waals surface area contributed by atoms with Gasteiger partial charge in [0.1, 0.15) is 0 Å². The molecule has 0 aromatic heterocycles. The molecule has 2 aromatic rings. The number of nitro groups is 1. The van der Waals surface area contributed by atoms with E-state index < -0.39 is 11.0 Å². The number of nitro benzene ring substituents is 1. The number of carbonyl (C=O) groups excluding carboxylic acids is 2. The van der Waals surface area contributed by atoms with Gasteiger partial charge in [-0.1, -0.05) is 12.8 Å². The van der Waals surface area contributed by atoms with Crippen molar-refractivity contribution in [3.8, 4) is 0 Å². The number of thiol groups is 1. The number of nitrogens with one attached hydrogen (secondary N) is 2. The average Bonchev–Trinajstić information content (AvgIpc) is 2.54. The molecule has 124 valence electrons. The van der Waals surface area contributed by atoms with E-state index in [4.69, 9.17) is 0 Å². The third-order valence-electron chi connectivity index (χ3n) is 2.95. The van der Waals surface area contributed by atoms with Gasteiger partial charge in [0.15, 0.2) is 0 Å². The zero-order chi connectivity index (χ0) is 17.7. The van der Waals surface area contributed by atoms with Crippen LogP contribution in [0.5, 0.6) is 0 Å². The van der Waals surface area contributed by atoms with E-state index in [1.54, 1.807) is 24.3 Å². The Morgan fingerprint density at radius 1 is 1.00 bits per heavy atom. The van der Waals surface area contributed by atoms with E-state index in [0.29, 0.717) is 17.1 Å². The van der Waals surface area contributed by atoms with Crippen LogP contribution in [0.4, 0.5) is 27.5 Å². The molecule has 2 aromatic carbocycles. The summed E-state index contributed by atoms with van der Waals surface area (Å²) in [6.07, 6.45) is 0. The van der Waals surface area contributed by atoms with Gasteiger partial charge in [-0.3, -0.25) is 14.9 Å². The number of carbonyl (C=O) groups is 2. The van der Waals surface area contributed by atoms with Crippen molar-refractivity contribution in [2.75, 3.05) is 14.9 Å². The van der Waals surface area contributed by atoms with E-state index in [1.807, 2.05) is 0 Å². The maximum absolute atomic E-state index is 12.1. The lowest BCUT2D eigenvalue weighted by molar-refractivity contribution is -0.384. The number of urea groups is 1. The normalized spacial score (nSPS) is 9.92. The molecular weight excluding hydrogens is 332 g/mol. The van der Waals surface area contributed by atoms with Crippen molar-refractivity contribution in [1.82, 2.24) is 0 Å². The van der Waals surface area contributed by atoms with Crippen LogP contribution in [0.15, 0.2) is 48.5 Å². The fourth-order valence-electron chi connectivity index (χ4n) is 1.85. The Bertz CT molecular complexity index is 762. The third-order valence-corrected chi connectivity index (χ3v) is 3.37. The lowest BCUT2D eigenvalue weighted by Crippen LogP contribution is -2.26. The van der Waals surface area contributed by atoms with Gasteiger partial charge in [-0.05, 0) is 36.4 Å². The number of rotatable bonds is 4. The number of hydrogen-bond acceptors (Lipinski definition) is 5. The fraction of sp³-hybridized carbons (Fsp3) is 0.0667. The van der Waals surface area contributed by atoms with Crippen LogP contribution >= 0.6 is 12.8 Å². The highest BCUT2D eigenvalue weighted by Crippen LogP contribution is 2.21. The minimum Gasteiger partial charge on any atom is -0.326 e. The summed E-state index contributed by atoms with van der Waals surface area (Å²) in [5.41, 5.74) is 1.43. The van der Waals surface area contributed by atoms with Crippen molar-refractivity contribution in [1.29, 1.82) is 0 Å². The molecule has 0 bridgehead atoms. The molecule has 0 aliphatic rings. The van der Waals surface area contributed by atoms with Crippen LogP contribution in [0.1, 0.15) is 6.92 Å². The van der Waals surface area contributed by atoms with Crippen molar-refractivity contribution < 1.29 is 14.5 Å². The second-order valence-corrected chi connectivity index (χ2v) is 5.17. The molecule has 0 radical (unpaired) electrons. The third kappa shape index (κ3) is 4.46. The second kappa shape index (κ2) is 7.47. The van der Waals surface area contributed by atoms with Gasteiger partial charge < -0.3 is 10.6 Å². The lowest BCUT2D eigenvalue weighted by Gasteiger charge is -2.17. The second-order valence-electron chi connectivity index (χ2n) is 4.77. The molecule has 0 atom stereocenters. The van der Waals surface area contributed by atoms with E-state index in [2.05, 4.69) is 23.4 Å². The van der Waals surface area contributed by atoms with Crippen molar-refractivity contribution in [3.63, 3.8) is 0 Å². The molecule has 0 heterocycles. The van der Waals surface area contributed by atoms with Gasteiger partial charge in [-0.2, -0.15) is 0 Å². The van der Waals surface area contributed by atoms with Gasteiger partial charge in [0.05, 0.1) is 10.6 Å². The average molecular weight is 346 g/mol. The van der Waals surface area contributed by atoms with Crippen LogP contribution in [0.2, 0.25) is 0 Å². The monoisotopic (exact) mass is 346 g/mol. The van der Waals surface area contributed by atoms with Crippen LogP contribution in [0.25, 0.3) is 0 Å². The standard InChI is InChI=1S/C15H14N4O4S/c1-10(20)16-11-2-6-13(7-3-11)18(24)15(21)17-12-4-8-14(9-5-12)19(22)23/h2-9,24H,1H3,(H,16,20)(H,17,21). The Morgan fingerprint density at radius 3 is 2.00 bits per heavy atom. The van der Waals surface area contributed by atoms with E-state index in [9.17, 15) is 19.7 Å². The molecule has 0 unspecified atom stereocenters. The van der Waals surface area contributed by atoms with Crippen molar-refractivity contribution >= 4 is 47.5 Å². The zero-order valence-corrected chi connectivity index (χ0v) is 13.5. The van der Waals surface area contributed by atoms with Gasteiger partial charge in [-0.15, -0.1) is 0 Å². The molecule has 24 heavy (non-hydrogen) atoms. The Morgan fingerprint density at radius 2 is 1.50 bits per heavy atom. The summed E-state index contributed by atoms with van der Waals surface area (Å²) in [6, 6.07) is 11.4. The molecule has 0 aliphatic carbocycles. The first-order chi connectivity index (χ1) is 11.4. The number of nitrogens with zero attached hydrogens (tertiary/aromatic N) is 2.